The van der Waals surface area contributed by atoms with E-state index in [1.807, 2.05) is 39.8 Å². The quantitative estimate of drug-likeness (QED) is 0.870. The number of amides is 1. The smallest absolute Gasteiger partial charge is 0.240 e. The molecule has 0 radical (unpaired) electrons. The lowest BCUT2D eigenvalue weighted by Crippen LogP contribution is -2.33. The first-order valence-corrected chi connectivity index (χ1v) is 10.0. The highest BCUT2D eigenvalue weighted by Gasteiger charge is 2.43. The second-order valence-corrected chi connectivity index (χ2v) is 9.05. The third-order valence-electron chi connectivity index (χ3n) is 4.89. The maximum absolute atomic E-state index is 12.7. The molecule has 140 valence electrons. The monoisotopic (exact) mass is 376 g/mol. The Balaban J connectivity index is 1.86. The first-order valence-electron chi connectivity index (χ1n) is 8.52. The SMILES string of the molecule is Cc1ccc(CCNS(=O)(=O)c2cc(C)c3c(c2)C(C)(C)C(=O)N3C)o1. The van der Waals surface area contributed by atoms with Crippen molar-refractivity contribution in [3.63, 3.8) is 0 Å². The zero-order valence-electron chi connectivity index (χ0n) is 15.7. The number of hydrogen-bond acceptors (Lipinski definition) is 4. The molecule has 6 nitrogen and oxygen atoms in total. The molecule has 1 N–H and O–H groups in total. The number of furan rings is 1. The Morgan fingerprint density at radius 2 is 1.88 bits per heavy atom. The van der Waals surface area contributed by atoms with Gasteiger partial charge in [0, 0.05) is 20.0 Å². The van der Waals surface area contributed by atoms with Gasteiger partial charge in [-0.25, -0.2) is 13.1 Å². The van der Waals surface area contributed by atoms with E-state index in [1.165, 1.54) is 0 Å². The van der Waals surface area contributed by atoms with Gasteiger partial charge in [0.2, 0.25) is 15.9 Å². The highest BCUT2D eigenvalue weighted by atomic mass is 32.2. The molecule has 1 aromatic heterocycles. The normalized spacial score (nSPS) is 16.2. The summed E-state index contributed by atoms with van der Waals surface area (Å²) in [4.78, 5) is 14.3. The molecule has 0 saturated heterocycles. The van der Waals surface area contributed by atoms with Gasteiger partial charge in [0.15, 0.2) is 0 Å². The van der Waals surface area contributed by atoms with Crippen LogP contribution in [-0.2, 0) is 26.7 Å². The predicted octanol–water partition coefficient (Wildman–Crippen LogP) is 2.67. The molecule has 2 heterocycles. The lowest BCUT2D eigenvalue weighted by atomic mass is 9.85. The minimum absolute atomic E-state index is 0.0358. The van der Waals surface area contributed by atoms with Crippen molar-refractivity contribution >= 4 is 21.6 Å². The summed E-state index contributed by atoms with van der Waals surface area (Å²) in [5.74, 6) is 1.50. The largest absolute Gasteiger partial charge is 0.466 e. The summed E-state index contributed by atoms with van der Waals surface area (Å²) in [5, 5.41) is 0. The van der Waals surface area contributed by atoms with E-state index in [2.05, 4.69) is 4.72 Å². The van der Waals surface area contributed by atoms with Gasteiger partial charge in [-0.1, -0.05) is 0 Å². The first-order chi connectivity index (χ1) is 12.0. The Morgan fingerprint density at radius 3 is 2.50 bits per heavy atom. The summed E-state index contributed by atoms with van der Waals surface area (Å²) < 4.78 is 33.5. The molecule has 0 bridgehead atoms. The average molecular weight is 376 g/mol. The van der Waals surface area contributed by atoms with Crippen LogP contribution >= 0.6 is 0 Å². The highest BCUT2D eigenvalue weighted by molar-refractivity contribution is 7.89. The van der Waals surface area contributed by atoms with E-state index >= 15 is 0 Å². The Hall–Kier alpha value is -2.12. The van der Waals surface area contributed by atoms with Crippen molar-refractivity contribution in [2.45, 2.75) is 44.4 Å². The highest BCUT2D eigenvalue weighted by Crippen LogP contribution is 2.43. The maximum atomic E-state index is 12.7. The number of likely N-dealkylation sites (N-methyl/N-ethyl adjacent to an activating group) is 1. The zero-order valence-corrected chi connectivity index (χ0v) is 16.5. The minimum Gasteiger partial charge on any atom is -0.466 e. The van der Waals surface area contributed by atoms with E-state index in [-0.39, 0.29) is 17.3 Å². The molecule has 0 saturated carbocycles. The van der Waals surface area contributed by atoms with Crippen LogP contribution in [0.1, 0.15) is 36.5 Å². The van der Waals surface area contributed by atoms with Crippen molar-refractivity contribution in [3.8, 4) is 0 Å². The molecule has 1 aliphatic heterocycles. The summed E-state index contributed by atoms with van der Waals surface area (Å²) in [6.07, 6.45) is 0.476. The Bertz CT molecular complexity index is 973. The molecular weight excluding hydrogens is 352 g/mol. The second kappa shape index (κ2) is 6.25. The molecule has 1 amide bonds. The van der Waals surface area contributed by atoms with Gasteiger partial charge in [0.05, 0.1) is 16.0 Å². The number of nitrogens with one attached hydrogen (secondary N) is 1. The van der Waals surface area contributed by atoms with Crippen molar-refractivity contribution in [1.82, 2.24) is 4.72 Å². The van der Waals surface area contributed by atoms with Crippen LogP contribution in [0.3, 0.4) is 0 Å². The van der Waals surface area contributed by atoms with Crippen LogP contribution in [-0.4, -0.2) is 27.9 Å². The standard InChI is InChI=1S/C19H24N2O4S/c1-12-10-15(11-16-17(12)21(5)18(22)19(16,3)4)26(23,24)20-9-8-14-7-6-13(2)25-14/h6-7,10-11,20H,8-9H2,1-5H3. The van der Waals surface area contributed by atoms with E-state index in [4.69, 9.17) is 4.42 Å². The average Bonchev–Trinajstić information content (AvgIpc) is 3.04. The van der Waals surface area contributed by atoms with E-state index in [9.17, 15) is 13.2 Å². The number of anilines is 1. The van der Waals surface area contributed by atoms with Gasteiger partial charge < -0.3 is 9.32 Å². The Morgan fingerprint density at radius 1 is 1.19 bits per heavy atom. The molecule has 2 aromatic rings. The van der Waals surface area contributed by atoms with Crippen LogP contribution in [0.15, 0.2) is 33.6 Å². The molecule has 1 aliphatic rings. The van der Waals surface area contributed by atoms with Gasteiger partial charge in [-0.15, -0.1) is 0 Å². The molecule has 0 unspecified atom stereocenters. The molecule has 1 aromatic carbocycles. The van der Waals surface area contributed by atoms with Crippen molar-refractivity contribution in [2.24, 2.45) is 0 Å². The fourth-order valence-electron chi connectivity index (χ4n) is 3.47. The van der Waals surface area contributed by atoms with Crippen molar-refractivity contribution < 1.29 is 17.6 Å². The van der Waals surface area contributed by atoms with Crippen LogP contribution in [0.4, 0.5) is 5.69 Å². The summed E-state index contributed by atoms with van der Waals surface area (Å²) in [6, 6.07) is 6.92. The van der Waals surface area contributed by atoms with Crippen LogP contribution in [0.5, 0.6) is 0 Å². The predicted molar refractivity (Wildman–Crippen MR) is 100.0 cm³/mol. The molecule has 0 atom stereocenters. The number of carbonyl (C=O) groups is 1. The van der Waals surface area contributed by atoms with Crippen molar-refractivity contribution in [3.05, 3.63) is 46.9 Å². The number of aryl methyl sites for hydroxylation is 2. The molecular formula is C19H24N2O4S. The van der Waals surface area contributed by atoms with Crippen molar-refractivity contribution in [1.29, 1.82) is 0 Å². The van der Waals surface area contributed by atoms with Gasteiger partial charge in [-0.3, -0.25) is 4.79 Å². The topological polar surface area (TPSA) is 79.6 Å². The first kappa shape index (κ1) is 18.7. The molecule has 0 spiro atoms. The summed E-state index contributed by atoms with van der Waals surface area (Å²) >= 11 is 0. The number of rotatable bonds is 5. The van der Waals surface area contributed by atoms with Crippen LogP contribution in [0, 0.1) is 13.8 Å². The molecule has 7 heteroatoms. The van der Waals surface area contributed by atoms with Gasteiger partial charge in [0.1, 0.15) is 11.5 Å². The summed E-state index contributed by atoms with van der Waals surface area (Å²) in [7, 11) is -1.95. The molecule has 3 rings (SSSR count). The lowest BCUT2D eigenvalue weighted by molar-refractivity contribution is -0.121. The van der Waals surface area contributed by atoms with Crippen LogP contribution in [0.2, 0.25) is 0 Å². The van der Waals surface area contributed by atoms with Gasteiger partial charge in [-0.2, -0.15) is 0 Å². The molecule has 26 heavy (non-hydrogen) atoms. The lowest BCUT2D eigenvalue weighted by Gasteiger charge is -2.17. The van der Waals surface area contributed by atoms with E-state index in [0.29, 0.717) is 6.42 Å². The molecule has 0 aliphatic carbocycles. The number of hydrogen-bond donors (Lipinski definition) is 1. The van der Waals surface area contributed by atoms with Crippen molar-refractivity contribution in [2.75, 3.05) is 18.5 Å². The number of carbonyl (C=O) groups excluding carboxylic acids is 1. The van der Waals surface area contributed by atoms with E-state index in [0.717, 1.165) is 28.3 Å². The Kier molecular flexibility index (Phi) is 4.48. The summed E-state index contributed by atoms with van der Waals surface area (Å²) in [5.41, 5.74) is 1.56. The van der Waals surface area contributed by atoms with E-state index < -0.39 is 15.4 Å². The molecule has 0 fully saturated rings. The maximum Gasteiger partial charge on any atom is 0.240 e. The fraction of sp³-hybridized carbons (Fsp3) is 0.421. The van der Waals surface area contributed by atoms with Gasteiger partial charge in [0.25, 0.3) is 0 Å². The van der Waals surface area contributed by atoms with Crippen LogP contribution in [0.25, 0.3) is 0 Å². The number of sulfonamides is 1. The summed E-state index contributed by atoms with van der Waals surface area (Å²) in [6.45, 7) is 7.56. The Labute approximate surface area is 154 Å². The fourth-order valence-corrected chi connectivity index (χ4v) is 4.61. The third kappa shape index (κ3) is 3.05. The number of benzene rings is 1. The van der Waals surface area contributed by atoms with Gasteiger partial charge in [-0.05, 0) is 63.1 Å². The minimum atomic E-state index is -3.67. The van der Waals surface area contributed by atoms with Crippen LogP contribution < -0.4 is 9.62 Å². The van der Waals surface area contributed by atoms with Gasteiger partial charge >= 0.3 is 0 Å². The zero-order chi connectivity index (χ0) is 19.3. The third-order valence-corrected chi connectivity index (χ3v) is 6.33. The second-order valence-electron chi connectivity index (χ2n) is 7.29. The number of fused-ring (bicyclic) bond motifs is 1. The number of nitrogens with zero attached hydrogens (tertiary/aromatic N) is 1. The van der Waals surface area contributed by atoms with E-state index in [1.54, 1.807) is 24.1 Å².